The second-order valence-electron chi connectivity index (χ2n) is 6.08. The normalized spacial score (nSPS) is 17.4. The summed E-state index contributed by atoms with van der Waals surface area (Å²) in [7, 11) is 0. The SMILES string of the molecule is CCN1C(=O)NC(c2ccc(Cl)cc2)C(c2nc(-c3cccs3)no2)=C1C. The first-order valence-corrected chi connectivity index (χ1v) is 9.76. The quantitative estimate of drug-likeness (QED) is 0.671. The van der Waals surface area contributed by atoms with Gasteiger partial charge in [0.2, 0.25) is 5.82 Å². The van der Waals surface area contributed by atoms with Crippen molar-refractivity contribution in [2.24, 2.45) is 0 Å². The summed E-state index contributed by atoms with van der Waals surface area (Å²) in [5, 5.41) is 9.75. The molecule has 3 heterocycles. The third-order valence-electron chi connectivity index (χ3n) is 4.51. The summed E-state index contributed by atoms with van der Waals surface area (Å²) in [5.74, 6) is 0.935. The maximum Gasteiger partial charge on any atom is 0.322 e. The Balaban J connectivity index is 1.82. The van der Waals surface area contributed by atoms with Crippen LogP contribution in [0.3, 0.4) is 0 Å². The van der Waals surface area contributed by atoms with Gasteiger partial charge in [-0.1, -0.05) is 35.0 Å². The van der Waals surface area contributed by atoms with Gasteiger partial charge < -0.3 is 9.84 Å². The van der Waals surface area contributed by atoms with E-state index in [9.17, 15) is 4.79 Å². The second kappa shape index (κ2) is 7.17. The van der Waals surface area contributed by atoms with E-state index < -0.39 is 6.04 Å². The lowest BCUT2D eigenvalue weighted by Crippen LogP contribution is -2.45. The molecule has 0 radical (unpaired) electrons. The average Bonchev–Trinajstić information content (AvgIpc) is 3.34. The van der Waals surface area contributed by atoms with E-state index in [1.54, 1.807) is 28.4 Å². The number of hydrogen-bond donors (Lipinski definition) is 1. The van der Waals surface area contributed by atoms with E-state index in [-0.39, 0.29) is 6.03 Å². The zero-order valence-electron chi connectivity index (χ0n) is 14.8. The van der Waals surface area contributed by atoms with Crippen LogP contribution in [0.25, 0.3) is 16.3 Å². The van der Waals surface area contributed by atoms with Gasteiger partial charge in [0.25, 0.3) is 5.89 Å². The number of amides is 2. The number of allylic oxidation sites excluding steroid dienone is 1. The van der Waals surface area contributed by atoms with Crippen LogP contribution in [-0.4, -0.2) is 27.6 Å². The van der Waals surface area contributed by atoms with Gasteiger partial charge in [-0.15, -0.1) is 11.3 Å². The van der Waals surface area contributed by atoms with E-state index in [0.717, 1.165) is 21.7 Å². The molecule has 0 fully saturated rings. The topological polar surface area (TPSA) is 71.3 Å². The van der Waals surface area contributed by atoms with E-state index >= 15 is 0 Å². The molecular weight excluding hydrogens is 384 g/mol. The fraction of sp³-hybridized carbons (Fsp3) is 0.211. The molecule has 1 aliphatic heterocycles. The van der Waals surface area contributed by atoms with Gasteiger partial charge in [0.15, 0.2) is 0 Å². The summed E-state index contributed by atoms with van der Waals surface area (Å²) in [6.45, 7) is 4.37. The first-order valence-electron chi connectivity index (χ1n) is 8.50. The number of nitrogens with zero attached hydrogens (tertiary/aromatic N) is 3. The standard InChI is InChI=1S/C19H17ClN4O2S/c1-3-24-11(2)15(18-22-17(23-26-18)14-5-4-10-27-14)16(21-19(24)25)12-6-8-13(20)9-7-12/h4-10,16H,3H2,1-2H3,(H,21,25). The Morgan fingerprint density at radius 2 is 2.07 bits per heavy atom. The molecule has 0 saturated carbocycles. The monoisotopic (exact) mass is 400 g/mol. The molecule has 0 spiro atoms. The van der Waals surface area contributed by atoms with E-state index in [4.69, 9.17) is 16.1 Å². The number of thiophene rings is 1. The van der Waals surface area contributed by atoms with Crippen molar-refractivity contribution in [3.8, 4) is 10.7 Å². The Kier molecular flexibility index (Phi) is 4.72. The summed E-state index contributed by atoms with van der Waals surface area (Å²) >= 11 is 7.57. The van der Waals surface area contributed by atoms with E-state index in [1.165, 1.54) is 0 Å². The van der Waals surface area contributed by atoms with Crippen molar-refractivity contribution >= 4 is 34.5 Å². The highest BCUT2D eigenvalue weighted by Crippen LogP contribution is 2.37. The molecule has 1 aliphatic rings. The fourth-order valence-electron chi connectivity index (χ4n) is 3.18. The Bertz CT molecular complexity index is 995. The fourth-order valence-corrected chi connectivity index (χ4v) is 3.96. The molecule has 0 bridgehead atoms. The Labute approximate surface area is 165 Å². The lowest BCUT2D eigenvalue weighted by atomic mass is 9.95. The molecule has 1 aromatic carbocycles. The average molecular weight is 401 g/mol. The summed E-state index contributed by atoms with van der Waals surface area (Å²) in [5.41, 5.74) is 2.48. The summed E-state index contributed by atoms with van der Waals surface area (Å²) in [6.07, 6.45) is 0. The first-order chi connectivity index (χ1) is 13.1. The maximum absolute atomic E-state index is 12.5. The molecule has 1 unspecified atom stereocenters. The van der Waals surface area contributed by atoms with Crippen LogP contribution in [0.1, 0.15) is 31.3 Å². The van der Waals surface area contributed by atoms with Gasteiger partial charge in [0.05, 0.1) is 16.5 Å². The van der Waals surface area contributed by atoms with E-state index in [0.29, 0.717) is 23.3 Å². The zero-order valence-corrected chi connectivity index (χ0v) is 16.3. The Morgan fingerprint density at radius 1 is 1.30 bits per heavy atom. The molecule has 0 aliphatic carbocycles. The molecule has 2 aromatic heterocycles. The molecule has 0 saturated heterocycles. The third-order valence-corrected chi connectivity index (χ3v) is 5.63. The number of carbonyl (C=O) groups excluding carboxylic acids is 1. The van der Waals surface area contributed by atoms with Gasteiger partial charge in [-0.05, 0) is 43.0 Å². The predicted octanol–water partition coefficient (Wildman–Crippen LogP) is 4.97. The molecule has 2 amide bonds. The summed E-state index contributed by atoms with van der Waals surface area (Å²) in [6, 6.07) is 10.7. The third kappa shape index (κ3) is 3.24. The van der Waals surface area contributed by atoms with Gasteiger partial charge >= 0.3 is 6.03 Å². The van der Waals surface area contributed by atoms with Crippen molar-refractivity contribution in [3.05, 3.63) is 64.0 Å². The van der Waals surface area contributed by atoms with Crippen molar-refractivity contribution in [3.63, 3.8) is 0 Å². The highest BCUT2D eigenvalue weighted by Gasteiger charge is 2.35. The first kappa shape index (κ1) is 17.8. The number of halogens is 1. The van der Waals surface area contributed by atoms with E-state index in [1.807, 2.05) is 43.5 Å². The molecule has 1 atom stereocenters. The number of aromatic nitrogens is 2. The van der Waals surface area contributed by atoms with Crippen LogP contribution < -0.4 is 5.32 Å². The summed E-state index contributed by atoms with van der Waals surface area (Å²) in [4.78, 5) is 19.7. The van der Waals surface area contributed by atoms with Crippen LogP contribution in [0.15, 0.2) is 52.0 Å². The number of urea groups is 1. The zero-order chi connectivity index (χ0) is 19.0. The molecule has 138 valence electrons. The van der Waals surface area contributed by atoms with Crippen molar-refractivity contribution in [1.29, 1.82) is 0 Å². The van der Waals surface area contributed by atoms with Gasteiger partial charge in [0.1, 0.15) is 0 Å². The number of nitrogens with one attached hydrogen (secondary N) is 1. The van der Waals surface area contributed by atoms with Crippen molar-refractivity contribution < 1.29 is 9.32 Å². The number of benzene rings is 1. The predicted molar refractivity (Wildman–Crippen MR) is 105 cm³/mol. The van der Waals surface area contributed by atoms with Gasteiger partial charge in [-0.3, -0.25) is 4.90 Å². The Hall–Kier alpha value is -2.64. The van der Waals surface area contributed by atoms with Crippen molar-refractivity contribution in [2.75, 3.05) is 6.54 Å². The highest BCUT2D eigenvalue weighted by molar-refractivity contribution is 7.13. The van der Waals surface area contributed by atoms with Crippen LogP contribution in [-0.2, 0) is 0 Å². The number of hydrogen-bond acceptors (Lipinski definition) is 5. The van der Waals surface area contributed by atoms with Crippen molar-refractivity contribution in [2.45, 2.75) is 19.9 Å². The highest BCUT2D eigenvalue weighted by atomic mass is 35.5. The largest absolute Gasteiger partial charge is 0.334 e. The van der Waals surface area contributed by atoms with Crippen LogP contribution in [0.5, 0.6) is 0 Å². The van der Waals surface area contributed by atoms with Crippen molar-refractivity contribution in [1.82, 2.24) is 20.4 Å². The molecule has 4 rings (SSSR count). The molecular formula is C19H17ClN4O2S. The summed E-state index contributed by atoms with van der Waals surface area (Å²) < 4.78 is 5.59. The van der Waals surface area contributed by atoms with Crippen LogP contribution in [0.2, 0.25) is 5.02 Å². The maximum atomic E-state index is 12.5. The van der Waals surface area contributed by atoms with Gasteiger partial charge in [-0.25, -0.2) is 4.79 Å². The lowest BCUT2D eigenvalue weighted by Gasteiger charge is -2.34. The number of carbonyl (C=O) groups is 1. The lowest BCUT2D eigenvalue weighted by molar-refractivity contribution is 0.207. The molecule has 1 N–H and O–H groups in total. The van der Waals surface area contributed by atoms with Crippen LogP contribution in [0.4, 0.5) is 4.79 Å². The molecule has 27 heavy (non-hydrogen) atoms. The molecule has 6 nitrogen and oxygen atoms in total. The second-order valence-corrected chi connectivity index (χ2v) is 7.46. The van der Waals surface area contributed by atoms with Gasteiger partial charge in [-0.2, -0.15) is 4.98 Å². The minimum Gasteiger partial charge on any atom is -0.334 e. The smallest absolute Gasteiger partial charge is 0.322 e. The molecule has 8 heteroatoms. The minimum atomic E-state index is -0.394. The van der Waals surface area contributed by atoms with Crippen LogP contribution in [0, 0.1) is 0 Å². The van der Waals surface area contributed by atoms with Gasteiger partial charge in [0, 0.05) is 17.3 Å². The minimum absolute atomic E-state index is 0.156. The van der Waals surface area contributed by atoms with Crippen LogP contribution >= 0.6 is 22.9 Å². The number of rotatable bonds is 4. The Morgan fingerprint density at radius 3 is 2.74 bits per heavy atom. The molecule has 3 aromatic rings. The van der Waals surface area contributed by atoms with E-state index in [2.05, 4.69) is 15.5 Å².